The zero-order valence-corrected chi connectivity index (χ0v) is 11.8. The molecule has 7 heteroatoms. The van der Waals surface area contributed by atoms with E-state index in [1.165, 1.54) is 4.90 Å². The average Bonchev–Trinajstić information content (AvgIpc) is 2.59. The summed E-state index contributed by atoms with van der Waals surface area (Å²) in [6, 6.07) is -0.286. The Labute approximate surface area is 112 Å². The van der Waals surface area contributed by atoms with Crippen LogP contribution >= 0.6 is 0 Å². The van der Waals surface area contributed by atoms with E-state index in [4.69, 9.17) is 14.6 Å². The van der Waals surface area contributed by atoms with Crippen LogP contribution in [0.1, 0.15) is 20.8 Å². The maximum atomic E-state index is 11.7. The molecule has 110 valence electrons. The second-order valence-electron chi connectivity index (χ2n) is 5.66. The van der Waals surface area contributed by atoms with Gasteiger partial charge in [0.1, 0.15) is 5.60 Å². The fraction of sp³-hybridized carbons (Fsp3) is 0.833. The second kappa shape index (κ2) is 6.10. The maximum Gasteiger partial charge on any atom is 0.407 e. The Morgan fingerprint density at radius 1 is 1.37 bits per heavy atom. The number of rotatable bonds is 3. The van der Waals surface area contributed by atoms with E-state index in [1.807, 2.05) is 0 Å². The number of hydrogen-bond donors (Lipinski definition) is 2. The van der Waals surface area contributed by atoms with Gasteiger partial charge in [-0.05, 0) is 20.8 Å². The Balaban J connectivity index is 2.59. The summed E-state index contributed by atoms with van der Waals surface area (Å²) in [7, 11) is 1.55. The van der Waals surface area contributed by atoms with Crippen molar-refractivity contribution >= 4 is 12.2 Å². The van der Waals surface area contributed by atoms with Crippen LogP contribution in [0, 0.1) is 5.92 Å². The van der Waals surface area contributed by atoms with E-state index in [-0.39, 0.29) is 18.5 Å². The monoisotopic (exact) mass is 274 g/mol. The largest absolute Gasteiger partial charge is 0.465 e. The number of nitrogens with zero attached hydrogens (tertiary/aromatic N) is 1. The van der Waals surface area contributed by atoms with Crippen molar-refractivity contribution in [2.75, 3.05) is 26.8 Å². The first-order chi connectivity index (χ1) is 8.73. The summed E-state index contributed by atoms with van der Waals surface area (Å²) in [6.07, 6.45) is -1.53. The van der Waals surface area contributed by atoms with Gasteiger partial charge in [-0.15, -0.1) is 0 Å². The van der Waals surface area contributed by atoms with Crippen molar-refractivity contribution in [1.29, 1.82) is 0 Å². The Bertz CT molecular complexity index is 340. The fourth-order valence-electron chi connectivity index (χ4n) is 2.03. The number of nitrogens with one attached hydrogen (secondary N) is 1. The number of carbonyl (C=O) groups is 2. The lowest BCUT2D eigenvalue weighted by Crippen LogP contribution is -2.44. The molecule has 2 amide bonds. The number of amides is 2. The van der Waals surface area contributed by atoms with Crippen LogP contribution in [0.5, 0.6) is 0 Å². The predicted octanol–water partition coefficient (Wildman–Crippen LogP) is 1.14. The van der Waals surface area contributed by atoms with Gasteiger partial charge in [-0.25, -0.2) is 9.59 Å². The maximum absolute atomic E-state index is 11.7. The molecule has 0 saturated carbocycles. The Kier molecular flexibility index (Phi) is 4.99. The van der Waals surface area contributed by atoms with Gasteiger partial charge >= 0.3 is 12.2 Å². The summed E-state index contributed by atoms with van der Waals surface area (Å²) in [6.45, 7) is 6.32. The lowest BCUT2D eigenvalue weighted by molar-refractivity contribution is 0.0479. The number of carbonyl (C=O) groups excluding carboxylic acids is 1. The molecular weight excluding hydrogens is 252 g/mol. The van der Waals surface area contributed by atoms with Crippen LogP contribution < -0.4 is 5.32 Å². The molecule has 1 aliphatic rings. The molecular formula is C12H22N2O5. The molecule has 2 atom stereocenters. The minimum atomic E-state index is -0.991. The van der Waals surface area contributed by atoms with Crippen molar-refractivity contribution in [2.45, 2.75) is 32.4 Å². The SMILES string of the molecule is COCC1CN(C(=O)O)C[C@@H]1NC(=O)OC(C)(C)C. The number of methoxy groups -OCH3 is 1. The van der Waals surface area contributed by atoms with Gasteiger partial charge in [-0.3, -0.25) is 0 Å². The van der Waals surface area contributed by atoms with Crippen LogP contribution in [0.2, 0.25) is 0 Å². The molecule has 19 heavy (non-hydrogen) atoms. The van der Waals surface area contributed by atoms with Crippen molar-refractivity contribution < 1.29 is 24.2 Å². The van der Waals surface area contributed by atoms with Gasteiger partial charge in [0.25, 0.3) is 0 Å². The third kappa shape index (κ3) is 4.94. The highest BCUT2D eigenvalue weighted by Crippen LogP contribution is 2.18. The summed E-state index contributed by atoms with van der Waals surface area (Å²) < 4.78 is 10.2. The molecule has 1 aliphatic heterocycles. The van der Waals surface area contributed by atoms with Gasteiger partial charge in [0.05, 0.1) is 12.6 Å². The quantitative estimate of drug-likeness (QED) is 0.805. The third-order valence-corrected chi connectivity index (χ3v) is 2.79. The van der Waals surface area contributed by atoms with Gasteiger partial charge in [0, 0.05) is 26.1 Å². The number of carboxylic acid groups (broad SMARTS) is 1. The first-order valence-electron chi connectivity index (χ1n) is 6.19. The molecule has 0 radical (unpaired) electrons. The molecule has 1 fully saturated rings. The molecule has 2 N–H and O–H groups in total. The van der Waals surface area contributed by atoms with Crippen LogP contribution in [-0.4, -0.2) is 60.6 Å². The van der Waals surface area contributed by atoms with Crippen LogP contribution in [0.4, 0.5) is 9.59 Å². The second-order valence-corrected chi connectivity index (χ2v) is 5.66. The van der Waals surface area contributed by atoms with E-state index in [1.54, 1.807) is 27.9 Å². The molecule has 0 aliphatic carbocycles. The average molecular weight is 274 g/mol. The molecule has 1 unspecified atom stereocenters. The first kappa shape index (κ1) is 15.6. The highest BCUT2D eigenvalue weighted by atomic mass is 16.6. The molecule has 0 aromatic rings. The number of hydrogen-bond acceptors (Lipinski definition) is 4. The summed E-state index contributed by atoms with van der Waals surface area (Å²) in [5, 5.41) is 11.7. The van der Waals surface area contributed by atoms with E-state index >= 15 is 0 Å². The van der Waals surface area contributed by atoms with E-state index in [2.05, 4.69) is 5.32 Å². The zero-order chi connectivity index (χ0) is 14.6. The fourth-order valence-corrected chi connectivity index (χ4v) is 2.03. The highest BCUT2D eigenvalue weighted by molar-refractivity contribution is 5.69. The number of likely N-dealkylation sites (tertiary alicyclic amines) is 1. The smallest absolute Gasteiger partial charge is 0.407 e. The minimum Gasteiger partial charge on any atom is -0.465 e. The van der Waals surface area contributed by atoms with E-state index in [0.29, 0.717) is 13.2 Å². The van der Waals surface area contributed by atoms with E-state index in [0.717, 1.165) is 0 Å². The molecule has 0 spiro atoms. The molecule has 0 aromatic heterocycles. The molecule has 7 nitrogen and oxygen atoms in total. The summed E-state index contributed by atoms with van der Waals surface area (Å²) in [4.78, 5) is 23.9. The minimum absolute atomic E-state index is 0.0615. The molecule has 0 aromatic carbocycles. The Morgan fingerprint density at radius 2 is 2.00 bits per heavy atom. The topological polar surface area (TPSA) is 88.1 Å². The number of alkyl carbamates (subject to hydrolysis) is 1. The van der Waals surface area contributed by atoms with Gasteiger partial charge < -0.3 is 24.8 Å². The summed E-state index contributed by atoms with van der Waals surface area (Å²) >= 11 is 0. The van der Waals surface area contributed by atoms with Crippen LogP contribution in [0.3, 0.4) is 0 Å². The molecule has 1 rings (SSSR count). The van der Waals surface area contributed by atoms with Crippen molar-refractivity contribution in [3.63, 3.8) is 0 Å². The first-order valence-corrected chi connectivity index (χ1v) is 6.19. The number of ether oxygens (including phenoxy) is 2. The van der Waals surface area contributed by atoms with E-state index in [9.17, 15) is 9.59 Å². The van der Waals surface area contributed by atoms with Gasteiger partial charge in [0.15, 0.2) is 0 Å². The molecule has 1 saturated heterocycles. The zero-order valence-electron chi connectivity index (χ0n) is 11.8. The van der Waals surface area contributed by atoms with Crippen LogP contribution in [0.25, 0.3) is 0 Å². The van der Waals surface area contributed by atoms with Crippen molar-refractivity contribution in [3.05, 3.63) is 0 Å². The van der Waals surface area contributed by atoms with Crippen LogP contribution in [0.15, 0.2) is 0 Å². The lowest BCUT2D eigenvalue weighted by atomic mass is 10.1. The van der Waals surface area contributed by atoms with Crippen molar-refractivity contribution in [2.24, 2.45) is 5.92 Å². The Morgan fingerprint density at radius 3 is 2.47 bits per heavy atom. The molecule has 0 bridgehead atoms. The standard InChI is InChI=1S/C12H22N2O5/c1-12(2,3)19-10(15)13-9-6-14(11(16)17)5-8(9)7-18-4/h8-9H,5-7H2,1-4H3,(H,13,15)(H,16,17)/t8?,9-/m0/s1. The summed E-state index contributed by atoms with van der Waals surface area (Å²) in [5.41, 5.74) is -0.577. The predicted molar refractivity (Wildman–Crippen MR) is 68.1 cm³/mol. The van der Waals surface area contributed by atoms with E-state index < -0.39 is 17.8 Å². The van der Waals surface area contributed by atoms with Gasteiger partial charge in [-0.1, -0.05) is 0 Å². The summed E-state index contributed by atoms with van der Waals surface area (Å²) in [5.74, 6) is -0.0615. The lowest BCUT2D eigenvalue weighted by Gasteiger charge is -2.23. The van der Waals surface area contributed by atoms with Crippen molar-refractivity contribution in [3.8, 4) is 0 Å². The van der Waals surface area contributed by atoms with Gasteiger partial charge in [0.2, 0.25) is 0 Å². The molecule has 1 heterocycles. The highest BCUT2D eigenvalue weighted by Gasteiger charge is 2.36. The van der Waals surface area contributed by atoms with Crippen molar-refractivity contribution in [1.82, 2.24) is 10.2 Å². The van der Waals surface area contributed by atoms with Gasteiger partial charge in [-0.2, -0.15) is 0 Å². The Hall–Kier alpha value is -1.50. The third-order valence-electron chi connectivity index (χ3n) is 2.79. The normalized spacial score (nSPS) is 23.3. The van der Waals surface area contributed by atoms with Crippen LogP contribution in [-0.2, 0) is 9.47 Å².